The second-order valence-corrected chi connectivity index (χ2v) is 7.65. The van der Waals surface area contributed by atoms with E-state index in [2.05, 4.69) is 37.9 Å². The molecule has 4 fully saturated rings. The molecule has 4 rings (SSSR count). The molecule has 0 spiro atoms. The molecule has 1 aliphatic carbocycles. The molecule has 3 saturated heterocycles. The van der Waals surface area contributed by atoms with Gasteiger partial charge in [-0.15, -0.1) is 0 Å². The molecule has 0 amide bonds. The van der Waals surface area contributed by atoms with Crippen molar-refractivity contribution in [3.8, 4) is 0 Å². The van der Waals surface area contributed by atoms with Crippen LogP contribution >= 0.6 is 0 Å². The highest BCUT2D eigenvalue weighted by atomic mass is 15.2. The van der Waals surface area contributed by atoms with Crippen LogP contribution in [0.2, 0.25) is 0 Å². The maximum absolute atomic E-state index is 3.88. The number of nitrogens with one attached hydrogen (secondary N) is 1. The molecule has 4 aliphatic rings. The third kappa shape index (κ3) is 1.76. The van der Waals surface area contributed by atoms with Gasteiger partial charge in [0.25, 0.3) is 0 Å². The first kappa shape index (κ1) is 12.0. The lowest BCUT2D eigenvalue weighted by molar-refractivity contribution is 0.0716. The normalized spacial score (nSPS) is 42.7. The zero-order valence-electron chi connectivity index (χ0n) is 11.9. The molecule has 1 atom stereocenters. The van der Waals surface area contributed by atoms with E-state index in [1.54, 1.807) is 0 Å². The third-order valence-electron chi connectivity index (χ3n) is 6.56. The summed E-state index contributed by atoms with van der Waals surface area (Å²) in [6.45, 7) is 14.9. The van der Waals surface area contributed by atoms with Crippen molar-refractivity contribution in [2.75, 3.05) is 26.2 Å². The summed E-state index contributed by atoms with van der Waals surface area (Å²) < 4.78 is 0. The van der Waals surface area contributed by atoms with E-state index in [4.69, 9.17) is 0 Å². The van der Waals surface area contributed by atoms with Crippen molar-refractivity contribution in [2.45, 2.75) is 46.6 Å². The van der Waals surface area contributed by atoms with Crippen molar-refractivity contribution in [2.24, 2.45) is 22.7 Å². The van der Waals surface area contributed by atoms with Gasteiger partial charge in [-0.1, -0.05) is 27.7 Å². The van der Waals surface area contributed by atoms with Crippen molar-refractivity contribution < 1.29 is 0 Å². The summed E-state index contributed by atoms with van der Waals surface area (Å²) in [5.41, 5.74) is 1.07. The molecular weight excluding hydrogens is 208 g/mol. The lowest BCUT2D eigenvalue weighted by Crippen LogP contribution is -2.56. The lowest BCUT2D eigenvalue weighted by Gasteiger charge is -2.45. The Morgan fingerprint density at radius 2 is 1.65 bits per heavy atom. The Kier molecular flexibility index (Phi) is 2.61. The second kappa shape index (κ2) is 3.71. The number of rotatable bonds is 3. The highest BCUT2D eigenvalue weighted by Crippen LogP contribution is 2.67. The predicted octanol–water partition coefficient (Wildman–Crippen LogP) is 2.35. The Hall–Kier alpha value is -0.0800. The van der Waals surface area contributed by atoms with Crippen LogP contribution in [0.25, 0.3) is 0 Å². The quantitative estimate of drug-likeness (QED) is 0.809. The van der Waals surface area contributed by atoms with Gasteiger partial charge in [0.15, 0.2) is 0 Å². The molecule has 0 aromatic rings. The highest BCUT2D eigenvalue weighted by molar-refractivity contribution is 5.13. The van der Waals surface area contributed by atoms with E-state index in [1.807, 2.05) is 0 Å². The molecule has 0 aromatic heterocycles. The fourth-order valence-corrected chi connectivity index (χ4v) is 4.31. The maximum atomic E-state index is 3.88. The van der Waals surface area contributed by atoms with E-state index in [1.165, 1.54) is 39.0 Å². The molecule has 2 nitrogen and oxygen atoms in total. The summed E-state index contributed by atoms with van der Waals surface area (Å²) in [5.74, 6) is 1.83. The fourth-order valence-electron chi connectivity index (χ4n) is 4.31. The van der Waals surface area contributed by atoms with Gasteiger partial charge in [0.2, 0.25) is 0 Å². The number of hydrogen-bond acceptors (Lipinski definition) is 2. The molecule has 98 valence electrons. The van der Waals surface area contributed by atoms with E-state index < -0.39 is 0 Å². The van der Waals surface area contributed by atoms with Crippen LogP contribution in [0.4, 0.5) is 0 Å². The average molecular weight is 236 g/mol. The van der Waals surface area contributed by atoms with Gasteiger partial charge < -0.3 is 10.2 Å². The van der Waals surface area contributed by atoms with Gasteiger partial charge in [-0.05, 0) is 55.1 Å². The summed E-state index contributed by atoms with van der Waals surface area (Å²) in [5, 5.41) is 3.88. The SMILES string of the molecule is CC1(C)C(CNC2CN3CCC2CC3)C1(C)C. The summed E-state index contributed by atoms with van der Waals surface area (Å²) in [4.78, 5) is 2.64. The highest BCUT2D eigenvalue weighted by Gasteiger charge is 2.64. The smallest absolute Gasteiger partial charge is 0.0224 e. The summed E-state index contributed by atoms with van der Waals surface area (Å²) in [7, 11) is 0. The minimum absolute atomic E-state index is 0.536. The van der Waals surface area contributed by atoms with Crippen LogP contribution in [0, 0.1) is 22.7 Å². The van der Waals surface area contributed by atoms with Gasteiger partial charge in [-0.3, -0.25) is 0 Å². The van der Waals surface area contributed by atoms with E-state index in [9.17, 15) is 0 Å². The first-order chi connectivity index (χ1) is 7.93. The average Bonchev–Trinajstić information content (AvgIpc) is 2.68. The number of fused-ring (bicyclic) bond motifs is 3. The molecule has 17 heavy (non-hydrogen) atoms. The van der Waals surface area contributed by atoms with Gasteiger partial charge in [0.1, 0.15) is 0 Å². The zero-order chi connectivity index (χ0) is 12.3. The molecule has 1 unspecified atom stereocenters. The maximum Gasteiger partial charge on any atom is 0.0224 e. The first-order valence-corrected chi connectivity index (χ1v) is 7.38. The standard InChI is InChI=1S/C15H28N2/c1-14(2)13(15(14,3)4)9-16-12-10-17-7-5-11(12)6-8-17/h11-13,16H,5-10H2,1-4H3. The Bertz CT molecular complexity index is 286. The molecule has 0 aromatic carbocycles. The molecule has 3 heterocycles. The van der Waals surface area contributed by atoms with E-state index in [0.29, 0.717) is 10.8 Å². The Morgan fingerprint density at radius 3 is 2.06 bits per heavy atom. The molecule has 1 saturated carbocycles. The first-order valence-electron chi connectivity index (χ1n) is 7.38. The molecule has 1 N–H and O–H groups in total. The van der Waals surface area contributed by atoms with Crippen molar-refractivity contribution in [1.29, 1.82) is 0 Å². The molecule has 2 heteroatoms. The third-order valence-corrected chi connectivity index (χ3v) is 6.56. The van der Waals surface area contributed by atoms with Crippen LogP contribution in [0.1, 0.15) is 40.5 Å². The number of nitrogens with zero attached hydrogens (tertiary/aromatic N) is 1. The topological polar surface area (TPSA) is 15.3 Å². The predicted molar refractivity (Wildman–Crippen MR) is 72.0 cm³/mol. The lowest BCUT2D eigenvalue weighted by atomic mass is 9.84. The summed E-state index contributed by atoms with van der Waals surface area (Å²) >= 11 is 0. The van der Waals surface area contributed by atoms with E-state index in [-0.39, 0.29) is 0 Å². The van der Waals surface area contributed by atoms with E-state index in [0.717, 1.165) is 17.9 Å². The van der Waals surface area contributed by atoms with Crippen LogP contribution in [0.3, 0.4) is 0 Å². The fraction of sp³-hybridized carbons (Fsp3) is 1.00. The van der Waals surface area contributed by atoms with Crippen LogP contribution in [0.5, 0.6) is 0 Å². The summed E-state index contributed by atoms with van der Waals surface area (Å²) in [6.07, 6.45) is 2.85. The van der Waals surface area contributed by atoms with Gasteiger partial charge in [-0.25, -0.2) is 0 Å². The Morgan fingerprint density at radius 1 is 1.06 bits per heavy atom. The van der Waals surface area contributed by atoms with Gasteiger partial charge in [0.05, 0.1) is 0 Å². The number of hydrogen-bond donors (Lipinski definition) is 1. The van der Waals surface area contributed by atoms with Crippen LogP contribution in [-0.4, -0.2) is 37.1 Å². The molecule has 0 radical (unpaired) electrons. The van der Waals surface area contributed by atoms with Crippen LogP contribution in [0.15, 0.2) is 0 Å². The molecule has 2 bridgehead atoms. The minimum atomic E-state index is 0.536. The van der Waals surface area contributed by atoms with Gasteiger partial charge in [0, 0.05) is 12.6 Å². The van der Waals surface area contributed by atoms with Crippen LogP contribution < -0.4 is 5.32 Å². The van der Waals surface area contributed by atoms with Crippen molar-refractivity contribution in [3.05, 3.63) is 0 Å². The zero-order valence-corrected chi connectivity index (χ0v) is 11.9. The van der Waals surface area contributed by atoms with Gasteiger partial charge >= 0.3 is 0 Å². The monoisotopic (exact) mass is 236 g/mol. The van der Waals surface area contributed by atoms with E-state index >= 15 is 0 Å². The Balaban J connectivity index is 1.53. The number of piperidine rings is 3. The van der Waals surface area contributed by atoms with Crippen LogP contribution in [-0.2, 0) is 0 Å². The second-order valence-electron chi connectivity index (χ2n) is 7.65. The van der Waals surface area contributed by atoms with Crippen molar-refractivity contribution in [1.82, 2.24) is 10.2 Å². The van der Waals surface area contributed by atoms with Crippen molar-refractivity contribution in [3.63, 3.8) is 0 Å². The minimum Gasteiger partial charge on any atom is -0.312 e. The largest absolute Gasteiger partial charge is 0.312 e. The summed E-state index contributed by atoms with van der Waals surface area (Å²) in [6, 6.07) is 0.782. The molecule has 3 aliphatic heterocycles. The van der Waals surface area contributed by atoms with Crippen molar-refractivity contribution >= 4 is 0 Å². The van der Waals surface area contributed by atoms with Gasteiger partial charge in [-0.2, -0.15) is 0 Å². The molecular formula is C15H28N2. The Labute approximate surface area is 106 Å².